The van der Waals surface area contributed by atoms with Crippen LogP contribution < -0.4 is 10.6 Å². The molecule has 1 heterocycles. The van der Waals surface area contributed by atoms with E-state index in [0.29, 0.717) is 4.99 Å². The molecule has 0 amide bonds. The molecular formula is C11H14N2S. The van der Waals surface area contributed by atoms with Crippen LogP contribution in [-0.4, -0.2) is 18.1 Å². The molecule has 0 atom stereocenters. The molecule has 0 bridgehead atoms. The van der Waals surface area contributed by atoms with E-state index in [9.17, 15) is 0 Å². The Morgan fingerprint density at radius 1 is 1.14 bits per heavy atom. The number of benzene rings is 1. The van der Waals surface area contributed by atoms with Gasteiger partial charge >= 0.3 is 0 Å². The molecule has 1 fully saturated rings. The Hall–Kier alpha value is -1.09. The second-order valence-electron chi connectivity index (χ2n) is 3.61. The van der Waals surface area contributed by atoms with Gasteiger partial charge in [0.1, 0.15) is 4.99 Å². The van der Waals surface area contributed by atoms with Gasteiger partial charge in [0.15, 0.2) is 0 Å². The fourth-order valence-electron chi connectivity index (χ4n) is 1.81. The Balaban J connectivity index is 2.16. The van der Waals surface area contributed by atoms with Gasteiger partial charge in [-0.25, -0.2) is 0 Å². The molecule has 0 saturated carbocycles. The lowest BCUT2D eigenvalue weighted by Crippen LogP contribution is -2.17. The summed E-state index contributed by atoms with van der Waals surface area (Å²) in [6.45, 7) is 2.35. The van der Waals surface area contributed by atoms with Crippen LogP contribution in [-0.2, 0) is 0 Å². The van der Waals surface area contributed by atoms with E-state index in [1.807, 2.05) is 12.1 Å². The van der Waals surface area contributed by atoms with Crippen LogP contribution in [0.25, 0.3) is 0 Å². The van der Waals surface area contributed by atoms with Crippen LogP contribution in [0.15, 0.2) is 24.3 Å². The van der Waals surface area contributed by atoms with Gasteiger partial charge in [-0.05, 0) is 37.1 Å². The molecule has 0 radical (unpaired) electrons. The predicted molar refractivity (Wildman–Crippen MR) is 63.8 cm³/mol. The monoisotopic (exact) mass is 206 g/mol. The summed E-state index contributed by atoms with van der Waals surface area (Å²) in [6.07, 6.45) is 2.61. The fraction of sp³-hybridized carbons (Fsp3) is 0.364. The van der Waals surface area contributed by atoms with Gasteiger partial charge < -0.3 is 10.6 Å². The van der Waals surface area contributed by atoms with Gasteiger partial charge in [0.2, 0.25) is 0 Å². The molecule has 2 nitrogen and oxygen atoms in total. The SMILES string of the molecule is NC(=S)c1ccc(N2CCCC2)cc1. The first-order valence-corrected chi connectivity index (χ1v) is 5.33. The van der Waals surface area contributed by atoms with Crippen molar-refractivity contribution < 1.29 is 0 Å². The molecule has 3 heteroatoms. The van der Waals surface area contributed by atoms with Crippen molar-refractivity contribution in [3.63, 3.8) is 0 Å². The maximum Gasteiger partial charge on any atom is 0.103 e. The maximum atomic E-state index is 5.54. The fourth-order valence-corrected chi connectivity index (χ4v) is 1.95. The van der Waals surface area contributed by atoms with Crippen LogP contribution in [0.4, 0.5) is 5.69 Å². The Morgan fingerprint density at radius 2 is 1.71 bits per heavy atom. The zero-order chi connectivity index (χ0) is 9.97. The van der Waals surface area contributed by atoms with Crippen LogP contribution in [0.3, 0.4) is 0 Å². The molecule has 0 spiro atoms. The molecule has 2 N–H and O–H groups in total. The summed E-state index contributed by atoms with van der Waals surface area (Å²) in [7, 11) is 0. The Labute approximate surface area is 89.7 Å². The third-order valence-corrected chi connectivity index (χ3v) is 2.86. The van der Waals surface area contributed by atoms with E-state index >= 15 is 0 Å². The first kappa shape index (κ1) is 9.46. The minimum atomic E-state index is 0.470. The normalized spacial score (nSPS) is 15.9. The van der Waals surface area contributed by atoms with Gasteiger partial charge in [0.25, 0.3) is 0 Å². The lowest BCUT2D eigenvalue weighted by atomic mass is 10.2. The summed E-state index contributed by atoms with van der Waals surface area (Å²) in [6, 6.07) is 8.19. The highest BCUT2D eigenvalue weighted by molar-refractivity contribution is 7.80. The molecule has 14 heavy (non-hydrogen) atoms. The molecule has 0 aromatic heterocycles. The molecule has 74 valence electrons. The first-order valence-electron chi connectivity index (χ1n) is 4.92. The van der Waals surface area contributed by atoms with E-state index in [2.05, 4.69) is 17.0 Å². The first-order chi connectivity index (χ1) is 6.77. The molecule has 0 unspecified atom stereocenters. The Kier molecular flexibility index (Phi) is 2.68. The number of nitrogens with two attached hydrogens (primary N) is 1. The van der Waals surface area contributed by atoms with Gasteiger partial charge in [0.05, 0.1) is 0 Å². The van der Waals surface area contributed by atoms with Crippen molar-refractivity contribution in [1.29, 1.82) is 0 Å². The van der Waals surface area contributed by atoms with Crippen LogP contribution in [0.5, 0.6) is 0 Å². The second kappa shape index (κ2) is 3.96. The minimum absolute atomic E-state index is 0.470. The highest BCUT2D eigenvalue weighted by atomic mass is 32.1. The lowest BCUT2D eigenvalue weighted by molar-refractivity contribution is 0.949. The van der Waals surface area contributed by atoms with E-state index in [-0.39, 0.29) is 0 Å². The van der Waals surface area contributed by atoms with Crippen molar-refractivity contribution in [3.05, 3.63) is 29.8 Å². The minimum Gasteiger partial charge on any atom is -0.389 e. The van der Waals surface area contributed by atoms with Gasteiger partial charge in [-0.2, -0.15) is 0 Å². The summed E-state index contributed by atoms with van der Waals surface area (Å²) in [5.74, 6) is 0. The van der Waals surface area contributed by atoms with Gasteiger partial charge in [0, 0.05) is 24.3 Å². The van der Waals surface area contributed by atoms with E-state index in [4.69, 9.17) is 18.0 Å². The molecule has 1 saturated heterocycles. The smallest absolute Gasteiger partial charge is 0.103 e. The molecule has 2 rings (SSSR count). The van der Waals surface area contributed by atoms with Crippen molar-refractivity contribution in [2.24, 2.45) is 5.73 Å². The summed E-state index contributed by atoms with van der Waals surface area (Å²) in [5, 5.41) is 0. The topological polar surface area (TPSA) is 29.3 Å². The summed E-state index contributed by atoms with van der Waals surface area (Å²) in [4.78, 5) is 2.86. The third-order valence-electron chi connectivity index (χ3n) is 2.62. The average molecular weight is 206 g/mol. The van der Waals surface area contributed by atoms with Gasteiger partial charge in [-0.3, -0.25) is 0 Å². The van der Waals surface area contributed by atoms with Crippen LogP contribution >= 0.6 is 12.2 Å². The van der Waals surface area contributed by atoms with Crippen LogP contribution in [0.1, 0.15) is 18.4 Å². The number of nitrogens with zero attached hydrogens (tertiary/aromatic N) is 1. The molecule has 1 aromatic rings. The zero-order valence-electron chi connectivity index (χ0n) is 8.07. The number of thiocarbonyl (C=S) groups is 1. The van der Waals surface area contributed by atoms with E-state index in [1.165, 1.54) is 31.6 Å². The van der Waals surface area contributed by atoms with Crippen molar-refractivity contribution in [1.82, 2.24) is 0 Å². The third kappa shape index (κ3) is 1.87. The van der Waals surface area contributed by atoms with Crippen LogP contribution in [0, 0.1) is 0 Å². The van der Waals surface area contributed by atoms with Crippen molar-refractivity contribution in [2.75, 3.05) is 18.0 Å². The molecule has 1 aliphatic heterocycles. The lowest BCUT2D eigenvalue weighted by Gasteiger charge is -2.17. The highest BCUT2D eigenvalue weighted by Crippen LogP contribution is 2.20. The molecule has 1 aliphatic rings. The molecule has 0 aliphatic carbocycles. The molecular weight excluding hydrogens is 192 g/mol. The number of rotatable bonds is 2. The summed E-state index contributed by atoms with van der Waals surface area (Å²) >= 11 is 4.90. The Bertz CT molecular complexity index is 326. The van der Waals surface area contributed by atoms with E-state index < -0.39 is 0 Å². The van der Waals surface area contributed by atoms with Crippen LogP contribution in [0.2, 0.25) is 0 Å². The van der Waals surface area contributed by atoms with E-state index in [0.717, 1.165) is 5.56 Å². The number of hydrogen-bond donors (Lipinski definition) is 1. The second-order valence-corrected chi connectivity index (χ2v) is 4.05. The summed E-state index contributed by atoms with van der Waals surface area (Å²) < 4.78 is 0. The average Bonchev–Trinajstić information content (AvgIpc) is 2.71. The van der Waals surface area contributed by atoms with Crippen molar-refractivity contribution in [3.8, 4) is 0 Å². The van der Waals surface area contributed by atoms with E-state index in [1.54, 1.807) is 0 Å². The quantitative estimate of drug-likeness (QED) is 0.750. The largest absolute Gasteiger partial charge is 0.389 e. The summed E-state index contributed by atoms with van der Waals surface area (Å²) in [5.41, 5.74) is 7.76. The van der Waals surface area contributed by atoms with Crippen molar-refractivity contribution >= 4 is 22.9 Å². The molecule has 1 aromatic carbocycles. The predicted octanol–water partition coefficient (Wildman–Crippen LogP) is 1.92. The number of hydrogen-bond acceptors (Lipinski definition) is 2. The van der Waals surface area contributed by atoms with Crippen molar-refractivity contribution in [2.45, 2.75) is 12.8 Å². The van der Waals surface area contributed by atoms with Gasteiger partial charge in [-0.1, -0.05) is 12.2 Å². The number of anilines is 1. The highest BCUT2D eigenvalue weighted by Gasteiger charge is 2.11. The maximum absolute atomic E-state index is 5.54. The zero-order valence-corrected chi connectivity index (χ0v) is 8.89. The Morgan fingerprint density at radius 3 is 2.21 bits per heavy atom. The standard InChI is InChI=1S/C11H14N2S/c12-11(14)9-3-5-10(6-4-9)13-7-1-2-8-13/h3-6H,1-2,7-8H2,(H2,12,14). The van der Waals surface area contributed by atoms with Gasteiger partial charge in [-0.15, -0.1) is 0 Å².